The summed E-state index contributed by atoms with van der Waals surface area (Å²) in [6.07, 6.45) is 3.80. The van der Waals surface area contributed by atoms with Crippen LogP contribution in [-0.2, 0) is 18.4 Å². The summed E-state index contributed by atoms with van der Waals surface area (Å²) in [4.78, 5) is 21.0. The van der Waals surface area contributed by atoms with Crippen molar-refractivity contribution in [3.63, 3.8) is 0 Å². The van der Waals surface area contributed by atoms with Crippen molar-refractivity contribution in [3.05, 3.63) is 54.1 Å². The van der Waals surface area contributed by atoms with E-state index in [0.717, 1.165) is 37.6 Å². The first-order chi connectivity index (χ1) is 11.6. The van der Waals surface area contributed by atoms with Gasteiger partial charge in [-0.25, -0.2) is 4.98 Å². The molecule has 1 fully saturated rings. The van der Waals surface area contributed by atoms with Crippen LogP contribution in [0, 0.1) is 0 Å². The molecule has 1 aliphatic rings. The Morgan fingerprint density at radius 2 is 2.08 bits per heavy atom. The molecule has 1 aromatic carbocycles. The van der Waals surface area contributed by atoms with Crippen LogP contribution in [0.4, 0.5) is 0 Å². The number of aromatic nitrogens is 2. The van der Waals surface area contributed by atoms with E-state index >= 15 is 0 Å². The second-order valence-electron chi connectivity index (χ2n) is 6.48. The van der Waals surface area contributed by atoms with Crippen LogP contribution >= 0.6 is 0 Å². The minimum Gasteiger partial charge on any atom is -0.368 e. The number of primary amides is 1. The summed E-state index contributed by atoms with van der Waals surface area (Å²) in [5.74, 6) is 0.774. The predicted octanol–water partition coefficient (Wildman–Crippen LogP) is 1.15. The lowest BCUT2D eigenvalue weighted by Gasteiger charge is -2.42. The summed E-state index contributed by atoms with van der Waals surface area (Å²) < 4.78 is 2.05. The lowest BCUT2D eigenvalue weighted by Crippen LogP contribution is -2.54. The molecule has 0 spiro atoms. The SMILES string of the molecule is C[C@@H]1CN([C@@H](C(N)=O)c2ccccc2)CCN1Cc1nccn1C. The second-order valence-corrected chi connectivity index (χ2v) is 6.48. The maximum absolute atomic E-state index is 12.0. The van der Waals surface area contributed by atoms with E-state index in [1.54, 1.807) is 0 Å². The zero-order chi connectivity index (χ0) is 17.1. The highest BCUT2D eigenvalue weighted by atomic mass is 16.1. The van der Waals surface area contributed by atoms with Gasteiger partial charge < -0.3 is 10.3 Å². The molecule has 24 heavy (non-hydrogen) atoms. The van der Waals surface area contributed by atoms with E-state index in [1.165, 1.54) is 0 Å². The van der Waals surface area contributed by atoms with Crippen LogP contribution in [0.15, 0.2) is 42.7 Å². The first-order valence-electron chi connectivity index (χ1n) is 8.35. The van der Waals surface area contributed by atoms with Gasteiger partial charge in [0.05, 0.1) is 6.54 Å². The van der Waals surface area contributed by atoms with Gasteiger partial charge in [0, 0.05) is 45.1 Å². The molecule has 3 rings (SSSR count). The van der Waals surface area contributed by atoms with Crippen molar-refractivity contribution in [3.8, 4) is 0 Å². The summed E-state index contributed by atoms with van der Waals surface area (Å²) in [5, 5.41) is 0. The molecule has 2 N–H and O–H groups in total. The topological polar surface area (TPSA) is 67.4 Å². The van der Waals surface area contributed by atoms with Crippen molar-refractivity contribution in [2.45, 2.75) is 25.6 Å². The first kappa shape index (κ1) is 16.7. The Balaban J connectivity index is 1.69. The molecule has 1 saturated heterocycles. The maximum Gasteiger partial charge on any atom is 0.239 e. The standard InChI is InChI=1S/C18H25N5O/c1-14-12-23(17(18(19)24)15-6-4-3-5-7-15)11-10-22(14)13-16-20-8-9-21(16)2/h3-9,14,17H,10-13H2,1-2H3,(H2,19,24)/t14-,17-/m1/s1. The van der Waals surface area contributed by atoms with Crippen LogP contribution in [0.5, 0.6) is 0 Å². The zero-order valence-electron chi connectivity index (χ0n) is 14.3. The number of aryl methyl sites for hydroxylation is 1. The molecule has 1 aromatic heterocycles. The molecule has 0 radical (unpaired) electrons. The summed E-state index contributed by atoms with van der Waals surface area (Å²) in [7, 11) is 2.02. The van der Waals surface area contributed by atoms with Gasteiger partial charge in [-0.1, -0.05) is 30.3 Å². The third-order valence-electron chi connectivity index (χ3n) is 4.81. The fraction of sp³-hybridized carbons (Fsp3) is 0.444. The van der Waals surface area contributed by atoms with Crippen molar-refractivity contribution in [2.75, 3.05) is 19.6 Å². The van der Waals surface area contributed by atoms with Gasteiger partial charge in [0.2, 0.25) is 5.91 Å². The van der Waals surface area contributed by atoms with Crippen LogP contribution in [0.25, 0.3) is 0 Å². The van der Waals surface area contributed by atoms with Gasteiger partial charge in [0.25, 0.3) is 0 Å². The van der Waals surface area contributed by atoms with Gasteiger partial charge in [-0.2, -0.15) is 0 Å². The van der Waals surface area contributed by atoms with E-state index in [9.17, 15) is 4.79 Å². The first-order valence-corrected chi connectivity index (χ1v) is 8.35. The quantitative estimate of drug-likeness (QED) is 0.895. The number of imidazole rings is 1. The van der Waals surface area contributed by atoms with Crippen molar-refractivity contribution in [1.82, 2.24) is 19.4 Å². The lowest BCUT2D eigenvalue weighted by molar-refractivity contribution is -0.124. The number of amides is 1. The Bertz CT molecular complexity index is 684. The van der Waals surface area contributed by atoms with E-state index in [0.29, 0.717) is 6.04 Å². The second kappa shape index (κ2) is 7.15. The Hall–Kier alpha value is -2.18. The van der Waals surface area contributed by atoms with Crippen molar-refractivity contribution in [1.29, 1.82) is 0 Å². The van der Waals surface area contributed by atoms with E-state index in [2.05, 4.69) is 26.3 Å². The minimum absolute atomic E-state index is 0.286. The highest BCUT2D eigenvalue weighted by Crippen LogP contribution is 2.24. The molecule has 0 bridgehead atoms. The fourth-order valence-corrected chi connectivity index (χ4v) is 3.41. The zero-order valence-corrected chi connectivity index (χ0v) is 14.3. The third kappa shape index (κ3) is 3.49. The Kier molecular flexibility index (Phi) is 4.97. The number of hydrogen-bond acceptors (Lipinski definition) is 4. The number of nitrogens with zero attached hydrogens (tertiary/aromatic N) is 4. The molecule has 0 aliphatic carbocycles. The number of rotatable bonds is 5. The van der Waals surface area contributed by atoms with Gasteiger partial charge in [-0.15, -0.1) is 0 Å². The van der Waals surface area contributed by atoms with Crippen LogP contribution < -0.4 is 5.73 Å². The van der Waals surface area contributed by atoms with Gasteiger partial charge in [-0.05, 0) is 12.5 Å². The molecule has 2 atom stereocenters. The average molecular weight is 327 g/mol. The molecule has 128 valence electrons. The molecule has 1 aliphatic heterocycles. The number of carbonyl (C=O) groups excluding carboxylic acids is 1. The van der Waals surface area contributed by atoms with Crippen LogP contribution in [0.2, 0.25) is 0 Å². The highest BCUT2D eigenvalue weighted by molar-refractivity contribution is 5.81. The number of benzene rings is 1. The normalized spacial score (nSPS) is 20.8. The number of piperazine rings is 1. The molecular weight excluding hydrogens is 302 g/mol. The van der Waals surface area contributed by atoms with Gasteiger partial charge in [-0.3, -0.25) is 14.6 Å². The third-order valence-corrected chi connectivity index (χ3v) is 4.81. The molecule has 2 aromatic rings. The maximum atomic E-state index is 12.0. The molecule has 1 amide bonds. The van der Waals surface area contributed by atoms with E-state index in [4.69, 9.17) is 5.73 Å². The summed E-state index contributed by atoms with van der Waals surface area (Å²) >= 11 is 0. The lowest BCUT2D eigenvalue weighted by atomic mass is 10.0. The number of carbonyl (C=O) groups is 1. The Morgan fingerprint density at radius 3 is 2.67 bits per heavy atom. The van der Waals surface area contributed by atoms with E-state index in [-0.39, 0.29) is 11.9 Å². The molecule has 2 heterocycles. The highest BCUT2D eigenvalue weighted by Gasteiger charge is 2.32. The molecular formula is C18H25N5O. The van der Waals surface area contributed by atoms with Crippen molar-refractivity contribution >= 4 is 5.91 Å². The van der Waals surface area contributed by atoms with Crippen LogP contribution in [0.3, 0.4) is 0 Å². The summed E-state index contributed by atoms with van der Waals surface area (Å²) in [6.45, 7) is 5.54. The predicted molar refractivity (Wildman–Crippen MR) is 93.0 cm³/mol. The van der Waals surface area contributed by atoms with Crippen molar-refractivity contribution < 1.29 is 4.79 Å². The molecule has 0 unspecified atom stereocenters. The molecule has 0 saturated carbocycles. The monoisotopic (exact) mass is 327 g/mol. The molecule has 6 nitrogen and oxygen atoms in total. The number of hydrogen-bond donors (Lipinski definition) is 1. The summed E-state index contributed by atoms with van der Waals surface area (Å²) in [5.41, 5.74) is 6.67. The minimum atomic E-state index is -0.357. The van der Waals surface area contributed by atoms with Crippen molar-refractivity contribution in [2.24, 2.45) is 12.8 Å². The van der Waals surface area contributed by atoms with Crippen LogP contribution in [-0.4, -0.2) is 50.9 Å². The van der Waals surface area contributed by atoms with Gasteiger partial charge >= 0.3 is 0 Å². The van der Waals surface area contributed by atoms with E-state index < -0.39 is 0 Å². The number of nitrogens with two attached hydrogens (primary N) is 1. The largest absolute Gasteiger partial charge is 0.368 e. The fourth-order valence-electron chi connectivity index (χ4n) is 3.41. The van der Waals surface area contributed by atoms with Gasteiger partial charge in [0.15, 0.2) is 0 Å². The Labute approximate surface area is 142 Å². The van der Waals surface area contributed by atoms with E-state index in [1.807, 2.05) is 49.8 Å². The summed E-state index contributed by atoms with van der Waals surface area (Å²) in [6, 6.07) is 9.78. The Morgan fingerprint density at radius 1 is 1.33 bits per heavy atom. The molecule has 6 heteroatoms. The van der Waals surface area contributed by atoms with Gasteiger partial charge in [0.1, 0.15) is 11.9 Å². The average Bonchev–Trinajstić information content (AvgIpc) is 2.96. The van der Waals surface area contributed by atoms with Crippen LogP contribution in [0.1, 0.15) is 24.4 Å². The smallest absolute Gasteiger partial charge is 0.239 e.